The van der Waals surface area contributed by atoms with E-state index in [1.165, 1.54) is 0 Å². The molecule has 1 aromatic heterocycles. The van der Waals surface area contributed by atoms with Crippen molar-refractivity contribution in [3.05, 3.63) is 40.0 Å². The molecule has 0 aliphatic carbocycles. The zero-order valence-corrected chi connectivity index (χ0v) is 13.1. The number of aliphatic hydroxyl groups excluding tert-OH is 1. The molecule has 1 N–H and O–H groups in total. The average molecular weight is 341 g/mol. The van der Waals surface area contributed by atoms with Gasteiger partial charge >= 0.3 is 0 Å². The molecule has 1 heterocycles. The van der Waals surface area contributed by atoms with Crippen LogP contribution in [0.2, 0.25) is 0 Å². The minimum absolute atomic E-state index is 0.193. The van der Waals surface area contributed by atoms with Gasteiger partial charge in [-0.3, -0.25) is 0 Å². The highest BCUT2D eigenvalue weighted by atomic mass is 79.9. The monoisotopic (exact) mass is 340 g/mol. The lowest BCUT2D eigenvalue weighted by atomic mass is 10.1. The van der Waals surface area contributed by atoms with E-state index in [0.717, 1.165) is 17.3 Å². The molecule has 0 saturated carbocycles. The van der Waals surface area contributed by atoms with Gasteiger partial charge in [-0.2, -0.15) is 4.98 Å². The largest absolute Gasteiger partial charge is 0.483 e. The Morgan fingerprint density at radius 1 is 1.45 bits per heavy atom. The Morgan fingerprint density at radius 2 is 2.25 bits per heavy atom. The van der Waals surface area contributed by atoms with E-state index in [2.05, 4.69) is 33.0 Å². The second-order valence-electron chi connectivity index (χ2n) is 4.50. The molecule has 1 aromatic carbocycles. The fourth-order valence-corrected chi connectivity index (χ4v) is 2.17. The number of rotatable bonds is 6. The molecule has 0 aliphatic rings. The molecule has 2 aromatic rings. The zero-order chi connectivity index (χ0) is 14.5. The highest BCUT2D eigenvalue weighted by Crippen LogP contribution is 2.29. The highest BCUT2D eigenvalue weighted by Gasteiger charge is 2.12. The number of aliphatic hydroxyl groups is 1. The third kappa shape index (κ3) is 3.80. The number of benzene rings is 1. The van der Waals surface area contributed by atoms with Crippen LogP contribution >= 0.6 is 15.9 Å². The normalized spacial score (nSPS) is 12.4. The smallest absolute Gasteiger partial charge is 0.264 e. The van der Waals surface area contributed by atoms with Crippen molar-refractivity contribution in [3.63, 3.8) is 0 Å². The first kappa shape index (κ1) is 15.0. The van der Waals surface area contributed by atoms with Crippen LogP contribution in [0.15, 0.2) is 27.2 Å². The van der Waals surface area contributed by atoms with Crippen molar-refractivity contribution >= 4 is 15.9 Å². The van der Waals surface area contributed by atoms with Crippen molar-refractivity contribution in [2.24, 2.45) is 0 Å². The van der Waals surface area contributed by atoms with Gasteiger partial charge < -0.3 is 14.4 Å². The van der Waals surface area contributed by atoms with Gasteiger partial charge in [0.2, 0.25) is 0 Å². The van der Waals surface area contributed by atoms with E-state index in [-0.39, 0.29) is 6.61 Å². The number of ether oxygens (including phenoxy) is 1. The third-order valence-electron chi connectivity index (χ3n) is 2.76. The Balaban J connectivity index is 2.06. The summed E-state index contributed by atoms with van der Waals surface area (Å²) in [4.78, 5) is 4.23. The second kappa shape index (κ2) is 6.85. The van der Waals surface area contributed by atoms with Gasteiger partial charge in [-0.1, -0.05) is 28.0 Å². The van der Waals surface area contributed by atoms with Crippen molar-refractivity contribution in [2.45, 2.75) is 39.4 Å². The van der Waals surface area contributed by atoms with E-state index in [4.69, 9.17) is 9.26 Å². The second-order valence-corrected chi connectivity index (χ2v) is 5.42. The molecular weight excluding hydrogens is 324 g/mol. The number of halogens is 1. The lowest BCUT2D eigenvalue weighted by molar-refractivity contribution is 0.185. The van der Waals surface area contributed by atoms with Gasteiger partial charge in [0.1, 0.15) is 5.75 Å². The molecule has 108 valence electrons. The topological polar surface area (TPSA) is 68.4 Å². The van der Waals surface area contributed by atoms with Crippen molar-refractivity contribution in [3.8, 4) is 5.75 Å². The van der Waals surface area contributed by atoms with Crippen LogP contribution in [0.3, 0.4) is 0 Å². The molecule has 1 unspecified atom stereocenters. The van der Waals surface area contributed by atoms with Crippen molar-refractivity contribution in [1.82, 2.24) is 10.1 Å². The van der Waals surface area contributed by atoms with Crippen molar-refractivity contribution in [1.29, 1.82) is 0 Å². The molecule has 20 heavy (non-hydrogen) atoms. The summed E-state index contributed by atoms with van der Waals surface area (Å²) in [6.07, 6.45) is 1.15. The fraction of sp³-hybridized carbons (Fsp3) is 0.429. The predicted molar refractivity (Wildman–Crippen MR) is 77.4 cm³/mol. The van der Waals surface area contributed by atoms with Gasteiger partial charge in [-0.25, -0.2) is 0 Å². The van der Waals surface area contributed by atoms with Crippen LogP contribution < -0.4 is 4.74 Å². The summed E-state index contributed by atoms with van der Waals surface area (Å²) in [5.41, 5.74) is 0.715. The highest BCUT2D eigenvalue weighted by molar-refractivity contribution is 9.10. The van der Waals surface area contributed by atoms with Crippen LogP contribution in [0.1, 0.15) is 43.7 Å². The molecule has 0 radical (unpaired) electrons. The van der Waals surface area contributed by atoms with Crippen molar-refractivity contribution in [2.75, 3.05) is 0 Å². The Hall–Kier alpha value is -1.40. The van der Waals surface area contributed by atoms with Crippen LogP contribution in [0.5, 0.6) is 5.75 Å². The first-order chi connectivity index (χ1) is 9.60. The summed E-state index contributed by atoms with van der Waals surface area (Å²) in [5.74, 6) is 1.74. The molecule has 0 aliphatic heterocycles. The first-order valence-corrected chi connectivity index (χ1v) is 7.31. The van der Waals surface area contributed by atoms with Gasteiger partial charge in [0.05, 0.1) is 6.10 Å². The molecule has 5 nitrogen and oxygen atoms in total. The third-order valence-corrected chi connectivity index (χ3v) is 3.25. The van der Waals surface area contributed by atoms with Crippen molar-refractivity contribution < 1.29 is 14.4 Å². The standard InChI is InChI=1S/C14H17BrN2O3/c1-3-4-13-16-14(20-17-13)8-19-12-6-5-10(15)7-11(12)9(2)18/h5-7,9,18H,3-4,8H2,1-2H3. The van der Waals surface area contributed by atoms with E-state index in [1.54, 1.807) is 13.0 Å². The lowest BCUT2D eigenvalue weighted by Crippen LogP contribution is -2.01. The first-order valence-electron chi connectivity index (χ1n) is 6.52. The van der Waals surface area contributed by atoms with Crippen LogP contribution in [0, 0.1) is 0 Å². The van der Waals surface area contributed by atoms with E-state index < -0.39 is 6.10 Å². The van der Waals surface area contributed by atoms with Crippen LogP contribution in [-0.2, 0) is 13.0 Å². The summed E-state index contributed by atoms with van der Waals surface area (Å²) in [5, 5.41) is 13.6. The Labute approximate surface area is 126 Å². The van der Waals surface area contributed by atoms with E-state index in [1.807, 2.05) is 12.1 Å². The van der Waals surface area contributed by atoms with E-state index in [0.29, 0.717) is 23.0 Å². The Bertz CT molecular complexity index is 569. The maximum absolute atomic E-state index is 9.75. The molecule has 6 heteroatoms. The maximum atomic E-state index is 9.75. The number of aryl methyl sites for hydroxylation is 1. The van der Waals surface area contributed by atoms with E-state index >= 15 is 0 Å². The molecule has 0 saturated heterocycles. The Kier molecular flexibility index (Phi) is 5.14. The lowest BCUT2D eigenvalue weighted by Gasteiger charge is -2.12. The summed E-state index contributed by atoms with van der Waals surface area (Å²) >= 11 is 3.37. The number of nitrogens with zero attached hydrogens (tertiary/aromatic N) is 2. The number of aromatic nitrogens is 2. The molecular formula is C14H17BrN2O3. The minimum atomic E-state index is -0.610. The van der Waals surface area contributed by atoms with Gasteiger partial charge in [-0.05, 0) is 31.5 Å². The van der Waals surface area contributed by atoms with Crippen LogP contribution in [0.25, 0.3) is 0 Å². The summed E-state index contributed by atoms with van der Waals surface area (Å²) in [6.45, 7) is 3.95. The van der Waals surface area contributed by atoms with Gasteiger partial charge in [-0.15, -0.1) is 0 Å². The summed E-state index contributed by atoms with van der Waals surface area (Å²) in [6, 6.07) is 5.49. The molecule has 0 fully saturated rings. The van der Waals surface area contributed by atoms with E-state index in [9.17, 15) is 5.11 Å². The van der Waals surface area contributed by atoms with Crippen LogP contribution in [-0.4, -0.2) is 15.2 Å². The number of hydrogen-bond donors (Lipinski definition) is 1. The average Bonchev–Trinajstić information content (AvgIpc) is 2.85. The summed E-state index contributed by atoms with van der Waals surface area (Å²) in [7, 11) is 0. The van der Waals surface area contributed by atoms with Crippen LogP contribution in [0.4, 0.5) is 0 Å². The molecule has 0 amide bonds. The molecule has 0 spiro atoms. The Morgan fingerprint density at radius 3 is 2.95 bits per heavy atom. The summed E-state index contributed by atoms with van der Waals surface area (Å²) < 4.78 is 11.7. The quantitative estimate of drug-likeness (QED) is 0.872. The fourth-order valence-electron chi connectivity index (χ4n) is 1.79. The maximum Gasteiger partial charge on any atom is 0.264 e. The SMILES string of the molecule is CCCc1noc(COc2ccc(Br)cc2C(C)O)n1. The zero-order valence-electron chi connectivity index (χ0n) is 11.5. The molecule has 0 bridgehead atoms. The molecule has 2 rings (SSSR count). The predicted octanol–water partition coefficient (Wildman–Crippen LogP) is 3.42. The van der Waals surface area contributed by atoms with Gasteiger partial charge in [0, 0.05) is 16.5 Å². The van der Waals surface area contributed by atoms with Gasteiger partial charge in [0.15, 0.2) is 12.4 Å². The number of hydrogen-bond acceptors (Lipinski definition) is 5. The van der Waals surface area contributed by atoms with Gasteiger partial charge in [0.25, 0.3) is 5.89 Å². The minimum Gasteiger partial charge on any atom is -0.483 e. The molecule has 1 atom stereocenters.